The van der Waals surface area contributed by atoms with Gasteiger partial charge in [0.15, 0.2) is 0 Å². The van der Waals surface area contributed by atoms with E-state index in [4.69, 9.17) is 15.2 Å². The van der Waals surface area contributed by atoms with E-state index < -0.39 is 35.7 Å². The van der Waals surface area contributed by atoms with Crippen LogP contribution in [0.1, 0.15) is 37.6 Å². The van der Waals surface area contributed by atoms with Crippen LogP contribution in [-0.4, -0.2) is 36.4 Å². The van der Waals surface area contributed by atoms with Crippen molar-refractivity contribution in [3.8, 4) is 5.75 Å². The van der Waals surface area contributed by atoms with Crippen LogP contribution >= 0.6 is 0 Å². The van der Waals surface area contributed by atoms with E-state index in [1.807, 2.05) is 0 Å². The van der Waals surface area contributed by atoms with E-state index in [9.17, 15) is 19.2 Å². The van der Waals surface area contributed by atoms with E-state index in [0.717, 1.165) is 0 Å². The van der Waals surface area contributed by atoms with Gasteiger partial charge in [-0.2, -0.15) is 0 Å². The molecule has 0 spiro atoms. The number of carbonyl (C=O) groups excluding carboxylic acids is 4. The smallest absolute Gasteiger partial charge is 0.308 e. The van der Waals surface area contributed by atoms with Crippen molar-refractivity contribution in [2.45, 2.75) is 33.2 Å². The molecule has 0 aliphatic heterocycles. The van der Waals surface area contributed by atoms with Crippen LogP contribution in [-0.2, 0) is 19.1 Å². The summed E-state index contributed by atoms with van der Waals surface area (Å²) in [6.07, 6.45) is -0.0485. The van der Waals surface area contributed by atoms with Crippen LogP contribution in [0.3, 0.4) is 0 Å². The van der Waals surface area contributed by atoms with Crippen LogP contribution in [0.15, 0.2) is 24.3 Å². The lowest BCUT2D eigenvalue weighted by Gasteiger charge is -2.21. The summed E-state index contributed by atoms with van der Waals surface area (Å²) in [6, 6.07) is 4.78. The van der Waals surface area contributed by atoms with Gasteiger partial charge >= 0.3 is 11.9 Å². The number of hydrogen-bond acceptors (Lipinski definition) is 6. The first kappa shape index (κ1) is 20.1. The molecule has 0 fully saturated rings. The molecule has 0 saturated heterocycles. The first-order chi connectivity index (χ1) is 11.7. The second-order valence-electron chi connectivity index (χ2n) is 5.46. The minimum absolute atomic E-state index is 0.0485. The van der Waals surface area contributed by atoms with Gasteiger partial charge in [-0.3, -0.25) is 19.2 Å². The topological polar surface area (TPSA) is 125 Å². The highest BCUT2D eigenvalue weighted by atomic mass is 16.5. The number of ether oxygens (including phenoxy) is 2. The van der Waals surface area contributed by atoms with Crippen molar-refractivity contribution in [1.29, 1.82) is 0 Å². The van der Waals surface area contributed by atoms with E-state index in [-0.39, 0.29) is 18.6 Å². The van der Waals surface area contributed by atoms with E-state index in [1.165, 1.54) is 31.2 Å². The average Bonchev–Trinajstić information content (AvgIpc) is 2.52. The van der Waals surface area contributed by atoms with Crippen molar-refractivity contribution >= 4 is 23.8 Å². The molecular formula is C17H22N2O6. The molecule has 0 aromatic heterocycles. The summed E-state index contributed by atoms with van der Waals surface area (Å²) < 4.78 is 9.71. The molecule has 3 N–H and O–H groups in total. The van der Waals surface area contributed by atoms with Gasteiger partial charge in [-0.05, 0) is 37.1 Å². The molecule has 1 rings (SSSR count). The van der Waals surface area contributed by atoms with Crippen molar-refractivity contribution < 1.29 is 28.7 Å². The lowest BCUT2D eigenvalue weighted by molar-refractivity contribution is -0.144. The highest BCUT2D eigenvalue weighted by molar-refractivity contribution is 5.97. The second-order valence-corrected chi connectivity index (χ2v) is 5.46. The third kappa shape index (κ3) is 6.62. The van der Waals surface area contributed by atoms with Gasteiger partial charge in [0.05, 0.1) is 13.0 Å². The summed E-state index contributed by atoms with van der Waals surface area (Å²) in [5.74, 6) is -2.46. The van der Waals surface area contributed by atoms with Gasteiger partial charge in [0.1, 0.15) is 11.8 Å². The number of carbonyl (C=O) groups is 4. The summed E-state index contributed by atoms with van der Waals surface area (Å²) in [5, 5.41) is 2.51. The van der Waals surface area contributed by atoms with Crippen LogP contribution in [0.2, 0.25) is 0 Å². The predicted molar refractivity (Wildman–Crippen MR) is 88.6 cm³/mol. The molecule has 0 aliphatic rings. The Bertz CT molecular complexity index is 641. The molecule has 25 heavy (non-hydrogen) atoms. The Kier molecular flexibility index (Phi) is 7.58. The first-order valence-corrected chi connectivity index (χ1v) is 7.78. The molecule has 8 heteroatoms. The third-order valence-corrected chi connectivity index (χ3v) is 3.33. The summed E-state index contributed by atoms with van der Waals surface area (Å²) in [7, 11) is 0. The van der Waals surface area contributed by atoms with E-state index >= 15 is 0 Å². The fraction of sp³-hybridized carbons (Fsp3) is 0.412. The van der Waals surface area contributed by atoms with Gasteiger partial charge < -0.3 is 20.5 Å². The molecule has 0 saturated carbocycles. The maximum atomic E-state index is 12.3. The summed E-state index contributed by atoms with van der Waals surface area (Å²) in [4.78, 5) is 46.3. The Labute approximate surface area is 145 Å². The van der Waals surface area contributed by atoms with Gasteiger partial charge in [-0.25, -0.2) is 0 Å². The molecule has 1 aromatic rings. The maximum absolute atomic E-state index is 12.3. The Balaban J connectivity index is 2.77. The van der Waals surface area contributed by atoms with Crippen LogP contribution in [0, 0.1) is 5.92 Å². The lowest BCUT2D eigenvalue weighted by Crippen LogP contribution is -2.49. The fourth-order valence-corrected chi connectivity index (χ4v) is 2.16. The molecule has 0 bridgehead atoms. The number of nitrogens with one attached hydrogen (secondary N) is 1. The number of benzene rings is 1. The number of nitrogens with two attached hydrogens (primary N) is 1. The van der Waals surface area contributed by atoms with Gasteiger partial charge in [0.25, 0.3) is 5.91 Å². The van der Waals surface area contributed by atoms with Gasteiger partial charge in [0.2, 0.25) is 5.91 Å². The summed E-state index contributed by atoms with van der Waals surface area (Å²) in [6.45, 7) is 4.79. The van der Waals surface area contributed by atoms with Crippen LogP contribution in [0.4, 0.5) is 0 Å². The Morgan fingerprint density at radius 3 is 2.24 bits per heavy atom. The minimum Gasteiger partial charge on any atom is -0.466 e. The molecule has 0 radical (unpaired) electrons. The first-order valence-electron chi connectivity index (χ1n) is 7.78. The van der Waals surface area contributed by atoms with Gasteiger partial charge in [-0.1, -0.05) is 6.92 Å². The molecule has 1 aromatic carbocycles. The average molecular weight is 350 g/mol. The molecule has 2 atom stereocenters. The standard InChI is InChI=1S/C17H22N2O6/c1-4-24-14(21)9-10(2)15(16(18)22)19-17(23)12-5-7-13(8-6-12)25-11(3)20/h5-8,10,15H,4,9H2,1-3H3,(H2,18,22)(H,19,23)/t10-,15-/m0/s1. The highest BCUT2D eigenvalue weighted by Gasteiger charge is 2.27. The van der Waals surface area contributed by atoms with Crippen molar-refractivity contribution in [2.24, 2.45) is 11.7 Å². The quantitative estimate of drug-likeness (QED) is 0.527. The normalized spacial score (nSPS) is 12.6. The molecule has 136 valence electrons. The molecule has 2 amide bonds. The number of esters is 2. The van der Waals surface area contributed by atoms with E-state index in [0.29, 0.717) is 5.75 Å². The van der Waals surface area contributed by atoms with Crippen molar-refractivity contribution in [3.05, 3.63) is 29.8 Å². The van der Waals surface area contributed by atoms with Crippen molar-refractivity contribution in [1.82, 2.24) is 5.32 Å². The number of amides is 2. The van der Waals surface area contributed by atoms with Gasteiger partial charge in [-0.15, -0.1) is 0 Å². The zero-order valence-electron chi connectivity index (χ0n) is 14.4. The zero-order valence-corrected chi connectivity index (χ0v) is 14.4. The predicted octanol–water partition coefficient (Wildman–Crippen LogP) is 0.785. The van der Waals surface area contributed by atoms with Crippen LogP contribution < -0.4 is 15.8 Å². The maximum Gasteiger partial charge on any atom is 0.308 e. The fourth-order valence-electron chi connectivity index (χ4n) is 2.16. The number of hydrogen-bond donors (Lipinski definition) is 2. The molecule has 0 unspecified atom stereocenters. The Hall–Kier alpha value is -2.90. The lowest BCUT2D eigenvalue weighted by atomic mass is 9.97. The summed E-state index contributed by atoms with van der Waals surface area (Å²) in [5.41, 5.74) is 5.58. The number of rotatable bonds is 8. The highest BCUT2D eigenvalue weighted by Crippen LogP contribution is 2.14. The zero-order chi connectivity index (χ0) is 19.0. The molecule has 8 nitrogen and oxygen atoms in total. The molecular weight excluding hydrogens is 328 g/mol. The van der Waals surface area contributed by atoms with Crippen molar-refractivity contribution in [3.63, 3.8) is 0 Å². The van der Waals surface area contributed by atoms with Crippen molar-refractivity contribution in [2.75, 3.05) is 6.61 Å². The Morgan fingerprint density at radius 2 is 1.76 bits per heavy atom. The second kappa shape index (κ2) is 9.41. The summed E-state index contributed by atoms with van der Waals surface area (Å²) >= 11 is 0. The number of primary amides is 1. The van der Waals surface area contributed by atoms with Gasteiger partial charge in [0, 0.05) is 12.5 Å². The van der Waals surface area contributed by atoms with E-state index in [1.54, 1.807) is 13.8 Å². The van der Waals surface area contributed by atoms with Crippen LogP contribution in [0.25, 0.3) is 0 Å². The van der Waals surface area contributed by atoms with Crippen LogP contribution in [0.5, 0.6) is 5.75 Å². The third-order valence-electron chi connectivity index (χ3n) is 3.33. The van der Waals surface area contributed by atoms with E-state index in [2.05, 4.69) is 5.32 Å². The SMILES string of the molecule is CCOC(=O)C[C@H](C)[C@H](NC(=O)c1ccc(OC(C)=O)cc1)C(N)=O. The molecule has 0 heterocycles. The molecule has 0 aliphatic carbocycles. The Morgan fingerprint density at radius 1 is 1.16 bits per heavy atom. The largest absolute Gasteiger partial charge is 0.466 e. The minimum atomic E-state index is -1.02. The monoisotopic (exact) mass is 350 g/mol.